The van der Waals surface area contributed by atoms with Gasteiger partial charge in [0.15, 0.2) is 11.6 Å². The van der Waals surface area contributed by atoms with E-state index in [1.54, 1.807) is 38.5 Å². The highest BCUT2D eigenvalue weighted by atomic mass is 79.9. The second-order valence-electron chi connectivity index (χ2n) is 11.1. The van der Waals surface area contributed by atoms with Gasteiger partial charge in [0.2, 0.25) is 5.90 Å². The van der Waals surface area contributed by atoms with Crippen LogP contribution >= 0.6 is 15.9 Å². The number of benzene rings is 4. The van der Waals surface area contributed by atoms with Gasteiger partial charge in [-0.2, -0.15) is 0 Å². The highest BCUT2D eigenvalue weighted by Gasteiger charge is 2.54. The molecule has 13 heteroatoms. The number of nitrogens with zero attached hydrogens (tertiary/aromatic N) is 4. The van der Waals surface area contributed by atoms with Crippen molar-refractivity contribution in [3.8, 4) is 17.2 Å². The number of aliphatic hydroxyl groups is 1. The zero-order valence-electron chi connectivity index (χ0n) is 27.1. The molecule has 254 valence electrons. The van der Waals surface area contributed by atoms with E-state index in [4.69, 9.17) is 29.0 Å². The Morgan fingerprint density at radius 1 is 1.02 bits per heavy atom. The monoisotopic (exact) mass is 728 g/mol. The Bertz CT molecular complexity index is 1830. The molecule has 3 N–H and O–H groups in total. The quantitative estimate of drug-likeness (QED) is 0.0389. The van der Waals surface area contributed by atoms with Gasteiger partial charge in [0.1, 0.15) is 17.2 Å². The molecule has 12 nitrogen and oxygen atoms in total. The fraction of sp³-hybridized carbons (Fsp3) is 0.278. The summed E-state index contributed by atoms with van der Waals surface area (Å²) in [5.41, 5.74) is 17.0. The van der Waals surface area contributed by atoms with E-state index in [-0.39, 0.29) is 18.9 Å². The van der Waals surface area contributed by atoms with E-state index in [0.717, 1.165) is 10.0 Å². The molecular formula is C36H37BrN6O6. The molecule has 1 amide bonds. The zero-order chi connectivity index (χ0) is 34.6. The van der Waals surface area contributed by atoms with Gasteiger partial charge >= 0.3 is 0 Å². The number of rotatable bonds is 16. The van der Waals surface area contributed by atoms with E-state index in [0.29, 0.717) is 65.6 Å². The minimum Gasteiger partial charge on any atom is -0.497 e. The van der Waals surface area contributed by atoms with Crippen molar-refractivity contribution in [1.29, 1.82) is 0 Å². The normalized spacial score (nSPS) is 16.6. The van der Waals surface area contributed by atoms with Crippen molar-refractivity contribution in [1.82, 2.24) is 10.9 Å². The van der Waals surface area contributed by atoms with Gasteiger partial charge in [-0.25, -0.2) is 10.4 Å². The lowest BCUT2D eigenvalue weighted by molar-refractivity contribution is -0.130. The molecule has 2 atom stereocenters. The molecule has 0 aromatic heterocycles. The lowest BCUT2D eigenvalue weighted by Crippen LogP contribution is -2.54. The van der Waals surface area contributed by atoms with Crippen LogP contribution in [0.5, 0.6) is 17.2 Å². The predicted octanol–water partition coefficient (Wildman–Crippen LogP) is 6.53. The van der Waals surface area contributed by atoms with Crippen LogP contribution in [-0.2, 0) is 22.4 Å². The van der Waals surface area contributed by atoms with Crippen molar-refractivity contribution >= 4 is 33.4 Å². The average molecular weight is 730 g/mol. The molecule has 0 bridgehead atoms. The third kappa shape index (κ3) is 8.33. The Balaban J connectivity index is 1.52. The first-order chi connectivity index (χ1) is 23.9. The maximum Gasteiger partial charge on any atom is 0.266 e. The molecule has 0 fully saturated rings. The maximum atomic E-state index is 14.6. The number of amides is 1. The molecule has 1 heterocycles. The molecule has 0 aliphatic carbocycles. The van der Waals surface area contributed by atoms with Crippen LogP contribution in [0.4, 0.5) is 5.69 Å². The third-order valence-electron chi connectivity index (χ3n) is 8.03. The van der Waals surface area contributed by atoms with E-state index in [2.05, 4.69) is 36.8 Å². The van der Waals surface area contributed by atoms with Gasteiger partial charge in [0, 0.05) is 52.2 Å². The van der Waals surface area contributed by atoms with Crippen molar-refractivity contribution < 1.29 is 28.8 Å². The lowest BCUT2D eigenvalue weighted by Gasteiger charge is -2.31. The Morgan fingerprint density at radius 2 is 1.78 bits per heavy atom. The number of aliphatic imine (C=N–C) groups is 1. The van der Waals surface area contributed by atoms with E-state index in [9.17, 15) is 10.3 Å². The van der Waals surface area contributed by atoms with Crippen LogP contribution in [0.25, 0.3) is 10.4 Å². The number of nitrogens with one attached hydrogen (secondary N) is 2. The fourth-order valence-electron chi connectivity index (χ4n) is 5.57. The molecule has 4 aromatic carbocycles. The molecule has 0 spiro atoms. The summed E-state index contributed by atoms with van der Waals surface area (Å²) in [7, 11) is 3.21. The van der Waals surface area contributed by atoms with Gasteiger partial charge < -0.3 is 24.1 Å². The van der Waals surface area contributed by atoms with Crippen molar-refractivity contribution in [2.45, 2.75) is 30.9 Å². The van der Waals surface area contributed by atoms with Gasteiger partial charge in [0.25, 0.3) is 5.91 Å². The van der Waals surface area contributed by atoms with Crippen molar-refractivity contribution in [2.75, 3.05) is 34.0 Å². The molecule has 49 heavy (non-hydrogen) atoms. The number of methoxy groups -OCH3 is 2. The molecule has 0 saturated carbocycles. The largest absolute Gasteiger partial charge is 0.497 e. The standard InChI is InChI=1S/C36H37BrN6O6/c1-46-28-16-17-32(47-2)25(22-28)18-19-39-42-35(45)36(23-26-8-3-6-11-31(26)41-43-38)33(29-9-4-5-10-30(29)37)49-34(40-36)24-12-14-27(15-13-24)48-21-7-20-44/h3-6,8-17,22,33,39,44H,7,18-21,23H2,1-2H3,(H,42,45)/t33-,36-/m0/s1. The van der Waals surface area contributed by atoms with Gasteiger partial charge in [-0.1, -0.05) is 63.5 Å². The van der Waals surface area contributed by atoms with Crippen LogP contribution in [0, 0.1) is 0 Å². The van der Waals surface area contributed by atoms with Crippen LogP contribution in [0.1, 0.15) is 34.8 Å². The van der Waals surface area contributed by atoms with E-state index in [1.807, 2.05) is 66.7 Å². The van der Waals surface area contributed by atoms with Gasteiger partial charge in [0.05, 0.1) is 20.8 Å². The Labute approximate surface area is 292 Å². The first-order valence-corrected chi connectivity index (χ1v) is 16.4. The number of carbonyl (C=O) groups is 1. The summed E-state index contributed by atoms with van der Waals surface area (Å²) in [5.74, 6) is 1.85. The van der Waals surface area contributed by atoms with Crippen molar-refractivity contribution in [3.63, 3.8) is 0 Å². The summed E-state index contributed by atoms with van der Waals surface area (Å²) in [6.07, 6.45) is 0.218. The topological polar surface area (TPSA) is 159 Å². The van der Waals surface area contributed by atoms with Crippen LogP contribution in [0.2, 0.25) is 0 Å². The fourth-order valence-corrected chi connectivity index (χ4v) is 6.06. The highest BCUT2D eigenvalue weighted by Crippen LogP contribution is 2.45. The lowest BCUT2D eigenvalue weighted by atomic mass is 9.81. The SMILES string of the molecule is COc1ccc(OC)c(CCNNC(=O)[C@@]2(Cc3ccccc3N=[N+]=[N-])N=C(c3ccc(OCCCO)cc3)O[C@H]2c2ccccc2Br)c1. The van der Waals surface area contributed by atoms with E-state index in [1.165, 1.54) is 0 Å². The summed E-state index contributed by atoms with van der Waals surface area (Å²) < 4.78 is 24.0. The van der Waals surface area contributed by atoms with Crippen molar-refractivity contribution in [3.05, 3.63) is 128 Å². The van der Waals surface area contributed by atoms with Crippen LogP contribution < -0.4 is 25.1 Å². The Morgan fingerprint density at radius 3 is 2.51 bits per heavy atom. The number of carbonyl (C=O) groups excluding carboxylic acids is 1. The van der Waals surface area contributed by atoms with E-state index >= 15 is 0 Å². The van der Waals surface area contributed by atoms with Gasteiger partial charge in [-0.05, 0) is 71.6 Å². The van der Waals surface area contributed by atoms with Gasteiger partial charge in [-0.3, -0.25) is 10.2 Å². The summed E-state index contributed by atoms with van der Waals surface area (Å²) in [6.45, 7) is 0.786. The van der Waals surface area contributed by atoms with Crippen LogP contribution in [-0.4, -0.2) is 56.4 Å². The Kier molecular flexibility index (Phi) is 12.1. The first kappa shape index (κ1) is 35.2. The number of hydrazine groups is 1. The second kappa shape index (κ2) is 16.8. The maximum absolute atomic E-state index is 14.6. The number of azide groups is 1. The zero-order valence-corrected chi connectivity index (χ0v) is 28.7. The predicted molar refractivity (Wildman–Crippen MR) is 189 cm³/mol. The second-order valence-corrected chi connectivity index (χ2v) is 12.0. The first-order valence-electron chi connectivity index (χ1n) is 15.6. The molecule has 5 rings (SSSR count). The molecule has 1 aliphatic rings. The number of hydrogen-bond donors (Lipinski definition) is 3. The minimum absolute atomic E-state index is 0.0379. The number of hydrogen-bond acceptors (Lipinski definition) is 9. The van der Waals surface area contributed by atoms with Gasteiger partial charge in [-0.15, -0.1) is 0 Å². The van der Waals surface area contributed by atoms with Crippen molar-refractivity contribution in [2.24, 2.45) is 10.1 Å². The minimum atomic E-state index is -1.54. The summed E-state index contributed by atoms with van der Waals surface area (Å²) in [6, 6.07) is 27.4. The molecule has 4 aromatic rings. The third-order valence-corrected chi connectivity index (χ3v) is 8.75. The summed E-state index contributed by atoms with van der Waals surface area (Å²) in [5, 5.41) is 13.0. The Hall–Kier alpha value is -5.07. The van der Waals surface area contributed by atoms with Crippen LogP contribution in [0.15, 0.2) is 106 Å². The summed E-state index contributed by atoms with van der Waals surface area (Å²) >= 11 is 3.66. The molecule has 0 saturated heterocycles. The molecule has 0 unspecified atom stereocenters. The molecule has 0 radical (unpaired) electrons. The number of ether oxygens (including phenoxy) is 4. The number of aliphatic hydroxyl groups excluding tert-OH is 1. The molecule has 1 aliphatic heterocycles. The molecular weight excluding hydrogens is 692 g/mol. The van der Waals surface area contributed by atoms with Crippen LogP contribution in [0.3, 0.4) is 0 Å². The summed E-state index contributed by atoms with van der Waals surface area (Å²) in [4.78, 5) is 22.6. The van der Waals surface area contributed by atoms with E-state index < -0.39 is 17.6 Å². The smallest absolute Gasteiger partial charge is 0.266 e. The average Bonchev–Trinajstić information content (AvgIpc) is 3.51. The number of halogens is 1. The highest BCUT2D eigenvalue weighted by molar-refractivity contribution is 9.10.